The Morgan fingerprint density at radius 2 is 1.38 bits per heavy atom. The quantitative estimate of drug-likeness (QED) is 0.187. The molecule has 104 heavy (non-hydrogen) atoms. The van der Waals surface area contributed by atoms with E-state index in [-0.39, 0.29) is 83.0 Å². The van der Waals surface area contributed by atoms with Gasteiger partial charge in [-0.25, -0.2) is 4.79 Å². The van der Waals surface area contributed by atoms with Gasteiger partial charge in [0.2, 0.25) is 59.1 Å². The number of likely N-dealkylation sites (N-methyl/N-ethyl adjacent to an activating group) is 7. The molecule has 3 heterocycles. The second-order valence-electron chi connectivity index (χ2n) is 28.9. The molecule has 3 aliphatic heterocycles. The third kappa shape index (κ3) is 19.6. The van der Waals surface area contributed by atoms with Crippen molar-refractivity contribution in [2.24, 2.45) is 11.8 Å². The van der Waals surface area contributed by atoms with Crippen LogP contribution in [-0.2, 0) is 86.0 Å². The number of carbonyl (C=O) groups excluding carboxylic acids is 12. The van der Waals surface area contributed by atoms with Crippen LogP contribution in [0, 0.1) is 18.8 Å². The first-order valence-corrected chi connectivity index (χ1v) is 36.4. The minimum Gasteiger partial charge on any atom is -0.496 e. The van der Waals surface area contributed by atoms with Crippen LogP contribution in [0.5, 0.6) is 5.75 Å². The fourth-order valence-electron chi connectivity index (χ4n) is 14.7. The number of alkyl halides is 3. The monoisotopic (exact) mass is 1460 g/mol. The number of esters is 1. The summed E-state index contributed by atoms with van der Waals surface area (Å²) in [5.74, 6) is -10.3. The third-order valence-electron chi connectivity index (χ3n) is 21.5. The number of ether oxygens (including phenoxy) is 3. The highest BCUT2D eigenvalue weighted by Crippen LogP contribution is 2.42. The molecule has 0 unspecified atom stereocenters. The lowest BCUT2D eigenvalue weighted by molar-refractivity contribution is -0.190. The molecule has 11 amide bonds. The summed E-state index contributed by atoms with van der Waals surface area (Å²) in [5, 5.41) is 5.64. The molecule has 2 aromatic rings. The molecule has 2 saturated carbocycles. The summed E-state index contributed by atoms with van der Waals surface area (Å²) < 4.78 is 60.0. The van der Waals surface area contributed by atoms with Crippen molar-refractivity contribution in [3.8, 4) is 5.75 Å². The van der Waals surface area contributed by atoms with E-state index in [1.54, 1.807) is 39.0 Å². The van der Waals surface area contributed by atoms with E-state index in [4.69, 9.17) is 14.2 Å². The fourth-order valence-corrected chi connectivity index (χ4v) is 14.7. The van der Waals surface area contributed by atoms with Crippen LogP contribution in [0.25, 0.3) is 0 Å². The van der Waals surface area contributed by atoms with Crippen molar-refractivity contribution in [3.63, 3.8) is 0 Å². The molecule has 0 radical (unpaired) electrons. The van der Waals surface area contributed by atoms with E-state index in [1.807, 2.05) is 32.1 Å². The van der Waals surface area contributed by atoms with E-state index >= 15 is 28.8 Å². The van der Waals surface area contributed by atoms with Gasteiger partial charge in [0, 0.05) is 88.9 Å². The zero-order valence-corrected chi connectivity index (χ0v) is 62.9. The van der Waals surface area contributed by atoms with Crippen LogP contribution in [0.2, 0.25) is 0 Å². The number of fused-ring (bicyclic) bond motifs is 3. The molecule has 4 fully saturated rings. The van der Waals surface area contributed by atoms with Gasteiger partial charge in [0.15, 0.2) is 5.60 Å². The number of rotatable bonds is 14. The maximum atomic E-state index is 15.5. The largest absolute Gasteiger partial charge is 0.496 e. The van der Waals surface area contributed by atoms with E-state index < -0.39 is 180 Å². The lowest BCUT2D eigenvalue weighted by Gasteiger charge is -2.45. The van der Waals surface area contributed by atoms with Crippen LogP contribution in [0.1, 0.15) is 146 Å². The summed E-state index contributed by atoms with van der Waals surface area (Å²) in [5.41, 5.74) is -1.08. The van der Waals surface area contributed by atoms with Gasteiger partial charge in [0.25, 0.3) is 5.91 Å². The average Bonchev–Trinajstić information content (AvgIpc) is 1.15. The SMILES string of the molecule is CCC[C@H]1C(=O)N[C@@H]([C@@H](C)CC)C(=O)N(C)CC(=O)N(C)[C@H]2C/C=C\CCN(C2=O)[C@@H](Cc2ccc(C)cc2)C(=O)N(C)CC(=O)N[C@@H](CCc2ccc(C(F)(F)F)c(OC)c2)C(=O)N2C[C@H](OCC)C[C@H]2C(=O)OC2(CCC2)C(=O)N(C)[C@@H](C2CCCC2)C(=O)N(C)[C@H](C(=O)N(C)C)CC(=O)N1C. The number of carbonyl (C=O) groups is 12. The summed E-state index contributed by atoms with van der Waals surface area (Å²) in [6.45, 7) is 7.59. The number of hydrogen-bond donors (Lipinski definition) is 2. The number of amides is 11. The maximum absolute atomic E-state index is 15.5. The Morgan fingerprint density at radius 1 is 0.721 bits per heavy atom. The second kappa shape index (κ2) is 36.4. The molecule has 574 valence electrons. The van der Waals surface area contributed by atoms with Crippen molar-refractivity contribution in [1.82, 2.24) is 54.7 Å². The van der Waals surface area contributed by atoms with Gasteiger partial charge in [-0.2, -0.15) is 13.2 Å². The molecule has 5 aliphatic rings. The number of methoxy groups -OCH3 is 1. The van der Waals surface area contributed by atoms with E-state index in [0.717, 1.165) is 33.4 Å². The van der Waals surface area contributed by atoms with Gasteiger partial charge >= 0.3 is 12.1 Å². The predicted octanol–water partition coefficient (Wildman–Crippen LogP) is 4.94. The van der Waals surface area contributed by atoms with E-state index in [9.17, 15) is 41.9 Å². The summed E-state index contributed by atoms with van der Waals surface area (Å²) in [6.07, 6.45) is 0.793. The molecule has 0 aromatic heterocycles. The molecule has 10 atom stereocenters. The van der Waals surface area contributed by atoms with Crippen molar-refractivity contribution in [3.05, 3.63) is 76.9 Å². The van der Waals surface area contributed by atoms with Crippen molar-refractivity contribution in [1.29, 1.82) is 0 Å². The Kier molecular flexibility index (Phi) is 28.9. The smallest absolute Gasteiger partial charge is 0.419 e. The molecule has 26 nitrogen and oxygen atoms in total. The molecule has 2 bridgehead atoms. The molecule has 2 aliphatic carbocycles. The minimum atomic E-state index is -4.78. The fraction of sp³-hybridized carbons (Fsp3) is 0.653. The lowest BCUT2D eigenvalue weighted by atomic mass is 9.78. The van der Waals surface area contributed by atoms with Gasteiger partial charge in [0.05, 0.1) is 38.3 Å². The highest BCUT2D eigenvalue weighted by Gasteiger charge is 2.55. The van der Waals surface area contributed by atoms with Crippen molar-refractivity contribution in [2.75, 3.05) is 96.3 Å². The van der Waals surface area contributed by atoms with Crippen LogP contribution >= 0.6 is 0 Å². The Balaban J connectivity index is 1.33. The van der Waals surface area contributed by atoms with Gasteiger partial charge in [0.1, 0.15) is 54.1 Å². The topological polar surface area (TPSA) is 286 Å². The zero-order chi connectivity index (χ0) is 76.8. The Morgan fingerprint density at radius 3 is 1.97 bits per heavy atom. The number of benzene rings is 2. The predicted molar refractivity (Wildman–Crippen MR) is 378 cm³/mol. The normalized spacial score (nSPS) is 26.4. The summed E-state index contributed by atoms with van der Waals surface area (Å²) >= 11 is 0. The van der Waals surface area contributed by atoms with Crippen LogP contribution in [0.15, 0.2) is 54.6 Å². The van der Waals surface area contributed by atoms with Crippen LogP contribution in [0.4, 0.5) is 13.2 Å². The number of nitrogens with zero attached hydrogens (tertiary/aromatic N) is 9. The minimum absolute atomic E-state index is 0.000910. The first-order chi connectivity index (χ1) is 49.1. The van der Waals surface area contributed by atoms with Gasteiger partial charge < -0.3 is 68.9 Å². The zero-order valence-electron chi connectivity index (χ0n) is 62.9. The molecule has 7 rings (SSSR count). The standard InChI is InChI=1S/C75H108F3N11O15/c1-15-24-54-65(93)80-63(47(5)16-2)70(98)83(9)45-62(92)85(11)55-27-19-18-22-38-88(69(55)97)57(39-48-30-28-46(4)29-31-48)68(96)82(8)44-60(90)79-53(35-33-49-32-34-52(75(76,77)78)59(40-49)102-14)66(94)89-43-51(103-17-3)41-58(89)72(100)104-74(36-23-37-74)73(101)87(13)64(50-25-20-21-26-50)71(99)86(12)56(67(95)81(6)7)42-61(91)84(54)10/h18-19,28-32,34,40,47,50-51,53-58,63-64H,15-17,20-27,33,35-39,41-45H2,1-14H3,(H,79,90)(H,80,93)/b19-18-/t47-,51+,53-,54-,55-,56-,57-,58-,63-,64-/m0/s1. The third-order valence-corrected chi connectivity index (χ3v) is 21.5. The number of nitrogens with one attached hydrogen (secondary N) is 2. The molecule has 2 N–H and O–H groups in total. The molecular formula is C75H108F3N11O15. The van der Waals surface area contributed by atoms with Crippen LogP contribution in [0.3, 0.4) is 0 Å². The molecule has 2 aromatic carbocycles. The average molecular weight is 1460 g/mol. The van der Waals surface area contributed by atoms with E-state index in [0.29, 0.717) is 50.5 Å². The highest BCUT2D eigenvalue weighted by molar-refractivity contribution is 6.00. The number of hydrogen-bond acceptors (Lipinski definition) is 15. The van der Waals surface area contributed by atoms with E-state index in [2.05, 4.69) is 10.6 Å². The van der Waals surface area contributed by atoms with Crippen molar-refractivity contribution in [2.45, 2.75) is 210 Å². The Bertz CT molecular complexity index is 3470. The first-order valence-electron chi connectivity index (χ1n) is 36.4. The first kappa shape index (κ1) is 82.7. The van der Waals surface area contributed by atoms with Gasteiger partial charge in [-0.05, 0) is 113 Å². The molecule has 29 heteroatoms. The Labute approximate surface area is 608 Å². The lowest BCUT2D eigenvalue weighted by Crippen LogP contribution is -2.63. The summed E-state index contributed by atoms with van der Waals surface area (Å²) in [4.78, 5) is 191. The maximum Gasteiger partial charge on any atom is 0.419 e. The van der Waals surface area contributed by atoms with Gasteiger partial charge in [-0.1, -0.05) is 94.5 Å². The Hall–Kier alpha value is -8.63. The summed E-state index contributed by atoms with van der Waals surface area (Å²) in [7, 11) is 12.3. The molecular weight excluding hydrogens is 1350 g/mol. The molecule has 2 saturated heterocycles. The van der Waals surface area contributed by atoms with E-state index in [1.165, 1.54) is 97.9 Å². The highest BCUT2D eigenvalue weighted by atomic mass is 19.4. The van der Waals surface area contributed by atoms with Crippen LogP contribution in [-0.4, -0.2) is 271 Å². The second-order valence-corrected chi connectivity index (χ2v) is 28.9. The van der Waals surface area contributed by atoms with Crippen molar-refractivity contribution >= 4 is 70.9 Å². The van der Waals surface area contributed by atoms with Gasteiger partial charge in [-0.3, -0.25) is 52.7 Å². The van der Waals surface area contributed by atoms with Crippen molar-refractivity contribution < 1.29 is 84.9 Å². The number of aryl methyl sites for hydroxylation is 2. The van der Waals surface area contributed by atoms with Gasteiger partial charge in [-0.15, -0.1) is 0 Å². The molecule has 1 spiro atoms. The summed E-state index contributed by atoms with van der Waals surface area (Å²) in [6, 6.07) is -0.202. The number of halogens is 3. The van der Waals surface area contributed by atoms with Crippen LogP contribution < -0.4 is 15.4 Å².